The Morgan fingerprint density at radius 3 is 2.54 bits per heavy atom. The van der Waals surface area contributed by atoms with Crippen molar-refractivity contribution in [3.05, 3.63) is 89.4 Å². The third kappa shape index (κ3) is 4.99. The van der Waals surface area contributed by atoms with Crippen molar-refractivity contribution in [2.24, 2.45) is 0 Å². The number of carbonyl (C=O) groups is 2. The summed E-state index contributed by atoms with van der Waals surface area (Å²) in [6.07, 6.45) is 4.82. The molecule has 0 saturated carbocycles. The first kappa shape index (κ1) is 22.9. The number of nitrogens with zero attached hydrogens (tertiary/aromatic N) is 2. The Morgan fingerprint density at radius 1 is 1.03 bits per heavy atom. The molecular weight excluding hydrogens is 444 g/mol. The molecule has 3 N–H and O–H groups in total. The molecule has 35 heavy (non-hydrogen) atoms. The van der Waals surface area contributed by atoms with Crippen LogP contribution >= 0.6 is 0 Å². The zero-order valence-electron chi connectivity index (χ0n) is 19.1. The van der Waals surface area contributed by atoms with Gasteiger partial charge in [0.1, 0.15) is 17.8 Å². The number of aliphatic hydroxyl groups excluding tert-OH is 1. The minimum Gasteiger partial charge on any atom is -0.394 e. The van der Waals surface area contributed by atoms with Gasteiger partial charge in [0.05, 0.1) is 36.3 Å². The molecule has 1 aliphatic heterocycles. The molecule has 2 aromatic carbocycles. The quantitative estimate of drug-likeness (QED) is 0.337. The SMILES string of the molecule is O=C(Cc1ccc(C(=O)c2c[nH]c3ncnc(NC4CCC(CO)OC4)c23)cc1)c1ccccc1. The molecule has 0 spiro atoms. The van der Waals surface area contributed by atoms with Crippen molar-refractivity contribution in [3.8, 4) is 0 Å². The highest BCUT2D eigenvalue weighted by Crippen LogP contribution is 2.27. The van der Waals surface area contributed by atoms with E-state index >= 15 is 0 Å². The number of H-pyrrole nitrogens is 1. The highest BCUT2D eigenvalue weighted by atomic mass is 16.5. The summed E-state index contributed by atoms with van der Waals surface area (Å²) in [4.78, 5) is 37.6. The second kappa shape index (κ2) is 10.2. The van der Waals surface area contributed by atoms with E-state index in [1.54, 1.807) is 30.5 Å². The molecule has 1 aliphatic rings. The summed E-state index contributed by atoms with van der Waals surface area (Å²) >= 11 is 0. The van der Waals surface area contributed by atoms with Crippen molar-refractivity contribution in [3.63, 3.8) is 0 Å². The monoisotopic (exact) mass is 470 g/mol. The number of benzene rings is 2. The van der Waals surface area contributed by atoms with E-state index in [0.29, 0.717) is 40.1 Å². The molecule has 4 aromatic rings. The van der Waals surface area contributed by atoms with Crippen LogP contribution in [0.2, 0.25) is 0 Å². The summed E-state index contributed by atoms with van der Waals surface area (Å²) in [6, 6.07) is 16.3. The van der Waals surface area contributed by atoms with Crippen molar-refractivity contribution in [2.45, 2.75) is 31.4 Å². The van der Waals surface area contributed by atoms with Crippen molar-refractivity contribution in [2.75, 3.05) is 18.5 Å². The topological polar surface area (TPSA) is 117 Å². The summed E-state index contributed by atoms with van der Waals surface area (Å²) in [5, 5.41) is 13.3. The van der Waals surface area contributed by atoms with Gasteiger partial charge in [-0.1, -0.05) is 54.6 Å². The Morgan fingerprint density at radius 2 is 1.83 bits per heavy atom. The van der Waals surface area contributed by atoms with Gasteiger partial charge in [0.2, 0.25) is 0 Å². The Balaban J connectivity index is 1.34. The largest absolute Gasteiger partial charge is 0.394 e. The molecular formula is C27H26N4O4. The Hall–Kier alpha value is -3.88. The lowest BCUT2D eigenvalue weighted by molar-refractivity contribution is -0.0224. The van der Waals surface area contributed by atoms with E-state index in [1.807, 2.05) is 30.3 Å². The van der Waals surface area contributed by atoms with E-state index in [1.165, 1.54) is 6.33 Å². The lowest BCUT2D eigenvalue weighted by atomic mass is 9.99. The van der Waals surface area contributed by atoms with Gasteiger partial charge in [0.25, 0.3) is 0 Å². The fourth-order valence-electron chi connectivity index (χ4n) is 4.35. The number of carbonyl (C=O) groups excluding carboxylic acids is 2. The number of aromatic nitrogens is 3. The van der Waals surface area contributed by atoms with Crippen LogP contribution in [0.25, 0.3) is 11.0 Å². The van der Waals surface area contributed by atoms with Crippen LogP contribution in [-0.4, -0.2) is 57.0 Å². The second-order valence-corrected chi connectivity index (χ2v) is 8.70. The van der Waals surface area contributed by atoms with Gasteiger partial charge in [-0.25, -0.2) is 9.97 Å². The number of fused-ring (bicyclic) bond motifs is 1. The van der Waals surface area contributed by atoms with Crippen molar-refractivity contribution >= 4 is 28.4 Å². The molecule has 0 aliphatic carbocycles. The van der Waals surface area contributed by atoms with Crippen LogP contribution in [0.5, 0.6) is 0 Å². The third-order valence-electron chi connectivity index (χ3n) is 6.31. The number of aliphatic hydroxyl groups is 1. The molecule has 2 atom stereocenters. The van der Waals surface area contributed by atoms with Crippen LogP contribution in [0.4, 0.5) is 5.82 Å². The van der Waals surface area contributed by atoms with E-state index in [9.17, 15) is 14.7 Å². The Bertz CT molecular complexity index is 1330. The highest BCUT2D eigenvalue weighted by molar-refractivity contribution is 6.18. The highest BCUT2D eigenvalue weighted by Gasteiger charge is 2.24. The van der Waals surface area contributed by atoms with E-state index in [2.05, 4.69) is 20.3 Å². The molecule has 8 nitrogen and oxygen atoms in total. The smallest absolute Gasteiger partial charge is 0.195 e. The van der Waals surface area contributed by atoms with E-state index in [0.717, 1.165) is 18.4 Å². The number of nitrogens with one attached hydrogen (secondary N) is 2. The molecule has 5 rings (SSSR count). The van der Waals surface area contributed by atoms with Gasteiger partial charge in [0, 0.05) is 23.7 Å². The van der Waals surface area contributed by atoms with Crippen molar-refractivity contribution in [1.82, 2.24) is 15.0 Å². The van der Waals surface area contributed by atoms with Gasteiger partial charge in [-0.2, -0.15) is 0 Å². The minimum absolute atomic E-state index is 0.0140. The number of aromatic amines is 1. The van der Waals surface area contributed by atoms with Crippen LogP contribution in [0.3, 0.4) is 0 Å². The number of hydrogen-bond acceptors (Lipinski definition) is 7. The summed E-state index contributed by atoms with van der Waals surface area (Å²) in [6.45, 7) is 0.466. The van der Waals surface area contributed by atoms with E-state index in [4.69, 9.17) is 4.74 Å². The molecule has 8 heteroatoms. The average molecular weight is 471 g/mol. The second-order valence-electron chi connectivity index (χ2n) is 8.70. The lowest BCUT2D eigenvalue weighted by Crippen LogP contribution is -2.36. The zero-order valence-corrected chi connectivity index (χ0v) is 19.1. The molecule has 2 unspecified atom stereocenters. The minimum atomic E-state index is -0.157. The first-order valence-corrected chi connectivity index (χ1v) is 11.7. The maximum atomic E-state index is 13.4. The number of anilines is 1. The number of rotatable bonds is 8. The Kier molecular flexibility index (Phi) is 6.65. The standard InChI is InChI=1S/C27H26N4O4/c32-14-21-11-10-20(15-35-21)31-27-24-22(13-28-26(24)29-16-30-27)25(34)19-8-6-17(7-9-19)12-23(33)18-4-2-1-3-5-18/h1-9,13,16,20-21,32H,10-12,14-15H2,(H2,28,29,30,31). The molecule has 1 fully saturated rings. The zero-order chi connectivity index (χ0) is 24.2. The van der Waals surface area contributed by atoms with Gasteiger partial charge in [-0.05, 0) is 18.4 Å². The first-order chi connectivity index (χ1) is 17.1. The van der Waals surface area contributed by atoms with Crippen molar-refractivity contribution < 1.29 is 19.4 Å². The van der Waals surface area contributed by atoms with Gasteiger partial charge in [-0.3, -0.25) is 9.59 Å². The Labute approximate surface area is 202 Å². The van der Waals surface area contributed by atoms with Gasteiger partial charge in [0.15, 0.2) is 11.6 Å². The van der Waals surface area contributed by atoms with Gasteiger partial charge in [-0.15, -0.1) is 0 Å². The van der Waals surface area contributed by atoms with E-state index < -0.39 is 0 Å². The summed E-state index contributed by atoms with van der Waals surface area (Å²) < 4.78 is 5.66. The van der Waals surface area contributed by atoms with Crippen LogP contribution in [0, 0.1) is 0 Å². The molecule has 1 saturated heterocycles. The molecule has 0 radical (unpaired) electrons. The normalized spacial score (nSPS) is 17.9. The number of ketones is 2. The summed E-state index contributed by atoms with van der Waals surface area (Å²) in [5.41, 5.74) is 3.07. The summed E-state index contributed by atoms with van der Waals surface area (Å²) in [5.74, 6) is 0.446. The maximum absolute atomic E-state index is 13.4. The number of ether oxygens (including phenoxy) is 1. The predicted molar refractivity (Wildman–Crippen MR) is 132 cm³/mol. The number of Topliss-reactive ketones (excluding diaryl/α,β-unsaturated/α-hetero) is 1. The van der Waals surface area contributed by atoms with Crippen LogP contribution in [-0.2, 0) is 11.2 Å². The molecule has 2 aromatic heterocycles. The molecule has 3 heterocycles. The maximum Gasteiger partial charge on any atom is 0.195 e. The van der Waals surface area contributed by atoms with Gasteiger partial charge < -0.3 is 20.1 Å². The number of hydrogen-bond donors (Lipinski definition) is 3. The van der Waals surface area contributed by atoms with E-state index in [-0.39, 0.29) is 36.7 Å². The lowest BCUT2D eigenvalue weighted by Gasteiger charge is -2.29. The molecule has 0 amide bonds. The van der Waals surface area contributed by atoms with Crippen molar-refractivity contribution in [1.29, 1.82) is 0 Å². The van der Waals surface area contributed by atoms with Gasteiger partial charge >= 0.3 is 0 Å². The fraction of sp³-hybridized carbons (Fsp3) is 0.259. The summed E-state index contributed by atoms with van der Waals surface area (Å²) in [7, 11) is 0. The predicted octanol–water partition coefficient (Wildman–Crippen LogP) is 3.57. The van der Waals surface area contributed by atoms with Crippen LogP contribution < -0.4 is 5.32 Å². The molecule has 178 valence electrons. The molecule has 0 bridgehead atoms. The third-order valence-corrected chi connectivity index (χ3v) is 6.31. The first-order valence-electron chi connectivity index (χ1n) is 11.7. The fourth-order valence-corrected chi connectivity index (χ4v) is 4.35. The average Bonchev–Trinajstić information content (AvgIpc) is 3.35. The van der Waals surface area contributed by atoms with Crippen LogP contribution in [0.1, 0.15) is 44.7 Å². The van der Waals surface area contributed by atoms with Crippen LogP contribution in [0.15, 0.2) is 67.1 Å².